The van der Waals surface area contributed by atoms with Crippen LogP contribution < -0.4 is 14.8 Å². The summed E-state index contributed by atoms with van der Waals surface area (Å²) in [6.45, 7) is 2.32. The lowest BCUT2D eigenvalue weighted by Crippen LogP contribution is -2.48. The summed E-state index contributed by atoms with van der Waals surface area (Å²) in [7, 11) is 1.63. The van der Waals surface area contributed by atoms with E-state index in [-0.39, 0.29) is 12.1 Å². The quantitative estimate of drug-likeness (QED) is 0.762. The number of benzene rings is 1. The molecule has 0 spiro atoms. The molecule has 0 bridgehead atoms. The summed E-state index contributed by atoms with van der Waals surface area (Å²) >= 11 is 0. The lowest BCUT2D eigenvalue weighted by Gasteiger charge is -2.26. The van der Waals surface area contributed by atoms with Gasteiger partial charge in [0.05, 0.1) is 25.9 Å². The summed E-state index contributed by atoms with van der Waals surface area (Å²) in [6.07, 6.45) is 4.33. The van der Waals surface area contributed by atoms with Gasteiger partial charge in [0.1, 0.15) is 6.61 Å². The summed E-state index contributed by atoms with van der Waals surface area (Å²) in [5.74, 6) is 1.38. The fourth-order valence-corrected chi connectivity index (χ4v) is 2.81. The fraction of sp³-hybridized carbons (Fsp3) is 0.421. The average molecular weight is 344 g/mol. The van der Waals surface area contributed by atoms with Gasteiger partial charge < -0.3 is 24.6 Å². The van der Waals surface area contributed by atoms with Crippen molar-refractivity contribution in [2.45, 2.75) is 25.1 Å². The van der Waals surface area contributed by atoms with Crippen molar-refractivity contribution in [1.82, 2.24) is 10.3 Å². The van der Waals surface area contributed by atoms with E-state index in [0.717, 1.165) is 17.5 Å². The van der Waals surface area contributed by atoms with Gasteiger partial charge in [-0.1, -0.05) is 12.1 Å². The van der Waals surface area contributed by atoms with Gasteiger partial charge in [-0.2, -0.15) is 0 Å². The number of ether oxygens (including phenoxy) is 3. The van der Waals surface area contributed by atoms with Crippen molar-refractivity contribution in [1.29, 1.82) is 0 Å². The third-order valence-electron chi connectivity index (χ3n) is 4.42. The Morgan fingerprint density at radius 2 is 2.20 bits per heavy atom. The van der Waals surface area contributed by atoms with Crippen LogP contribution in [0.25, 0.3) is 0 Å². The van der Waals surface area contributed by atoms with Crippen LogP contribution in [-0.4, -0.2) is 42.6 Å². The van der Waals surface area contributed by atoms with Crippen LogP contribution in [0, 0.1) is 0 Å². The van der Waals surface area contributed by atoms with Crippen molar-refractivity contribution >= 4 is 0 Å². The first-order valence-electron chi connectivity index (χ1n) is 8.37. The van der Waals surface area contributed by atoms with E-state index in [0.29, 0.717) is 37.9 Å². The standard InChI is InChI=1S/C19H24N2O4/c1-23-17-5-4-15(11-21-19(13-22)6-8-24-14-19)9-18(17)25-12-16-3-2-7-20-10-16/h2-5,7,9-10,21-22H,6,8,11-14H2,1H3. The maximum atomic E-state index is 9.65. The van der Waals surface area contributed by atoms with Gasteiger partial charge in [-0.3, -0.25) is 4.98 Å². The van der Waals surface area contributed by atoms with Crippen molar-refractivity contribution in [2.24, 2.45) is 0 Å². The number of aliphatic hydroxyl groups excluding tert-OH is 1. The van der Waals surface area contributed by atoms with Crippen LogP contribution in [0.3, 0.4) is 0 Å². The minimum absolute atomic E-state index is 0.0630. The maximum Gasteiger partial charge on any atom is 0.161 e. The summed E-state index contributed by atoms with van der Waals surface area (Å²) < 4.78 is 16.7. The van der Waals surface area contributed by atoms with E-state index in [4.69, 9.17) is 14.2 Å². The van der Waals surface area contributed by atoms with Gasteiger partial charge in [0.15, 0.2) is 11.5 Å². The molecule has 6 nitrogen and oxygen atoms in total. The Bertz CT molecular complexity index is 672. The van der Waals surface area contributed by atoms with Gasteiger partial charge in [-0.15, -0.1) is 0 Å². The number of nitrogens with zero attached hydrogens (tertiary/aromatic N) is 1. The minimum atomic E-state index is -0.351. The Morgan fingerprint density at radius 3 is 2.88 bits per heavy atom. The van der Waals surface area contributed by atoms with Gasteiger partial charge in [0.2, 0.25) is 0 Å². The van der Waals surface area contributed by atoms with Gasteiger partial charge in [0, 0.05) is 31.1 Å². The molecule has 2 aromatic rings. The number of hydrogen-bond donors (Lipinski definition) is 2. The summed E-state index contributed by atoms with van der Waals surface area (Å²) in [5.41, 5.74) is 1.70. The fourth-order valence-electron chi connectivity index (χ4n) is 2.81. The highest BCUT2D eigenvalue weighted by Gasteiger charge is 2.33. The van der Waals surface area contributed by atoms with E-state index in [1.807, 2.05) is 30.3 Å². The first-order valence-corrected chi connectivity index (χ1v) is 8.37. The highest BCUT2D eigenvalue weighted by Crippen LogP contribution is 2.29. The van der Waals surface area contributed by atoms with E-state index in [1.165, 1.54) is 0 Å². The van der Waals surface area contributed by atoms with E-state index in [2.05, 4.69) is 10.3 Å². The SMILES string of the molecule is COc1ccc(CNC2(CO)CCOC2)cc1OCc1cccnc1. The Kier molecular flexibility index (Phi) is 5.86. The first-order chi connectivity index (χ1) is 12.2. The smallest absolute Gasteiger partial charge is 0.161 e. The number of aliphatic hydroxyl groups is 1. The topological polar surface area (TPSA) is 72.8 Å². The molecule has 0 amide bonds. The lowest BCUT2D eigenvalue weighted by atomic mass is 9.99. The Balaban J connectivity index is 1.66. The molecular formula is C19H24N2O4. The van der Waals surface area contributed by atoms with Crippen LogP contribution in [0.15, 0.2) is 42.7 Å². The van der Waals surface area contributed by atoms with Crippen molar-refractivity contribution in [3.8, 4) is 11.5 Å². The maximum absolute atomic E-state index is 9.65. The molecule has 2 heterocycles. The van der Waals surface area contributed by atoms with Crippen LogP contribution in [-0.2, 0) is 17.9 Å². The molecule has 0 aliphatic carbocycles. The summed E-state index contributed by atoms with van der Waals surface area (Å²) in [4.78, 5) is 4.09. The molecule has 0 radical (unpaired) electrons. The molecule has 1 unspecified atom stereocenters. The first kappa shape index (κ1) is 17.7. The van der Waals surface area contributed by atoms with Crippen LogP contribution in [0.2, 0.25) is 0 Å². The highest BCUT2D eigenvalue weighted by atomic mass is 16.5. The Labute approximate surface area is 147 Å². The second kappa shape index (κ2) is 8.29. The number of aromatic nitrogens is 1. The lowest BCUT2D eigenvalue weighted by molar-refractivity contribution is 0.120. The van der Waals surface area contributed by atoms with Gasteiger partial charge in [0.25, 0.3) is 0 Å². The molecular weight excluding hydrogens is 320 g/mol. The summed E-state index contributed by atoms with van der Waals surface area (Å²) in [6, 6.07) is 9.70. The molecule has 3 rings (SSSR count). The molecule has 1 saturated heterocycles. The minimum Gasteiger partial charge on any atom is -0.493 e. The third-order valence-corrected chi connectivity index (χ3v) is 4.42. The van der Waals surface area contributed by atoms with Gasteiger partial charge in [-0.25, -0.2) is 0 Å². The molecule has 2 N–H and O–H groups in total. The average Bonchev–Trinajstić information content (AvgIpc) is 3.15. The number of methoxy groups -OCH3 is 1. The molecule has 25 heavy (non-hydrogen) atoms. The second-order valence-corrected chi connectivity index (χ2v) is 6.23. The third kappa shape index (κ3) is 4.48. The molecule has 1 aliphatic rings. The number of hydrogen-bond acceptors (Lipinski definition) is 6. The molecule has 1 atom stereocenters. The largest absolute Gasteiger partial charge is 0.493 e. The van der Waals surface area contributed by atoms with Crippen LogP contribution in [0.4, 0.5) is 0 Å². The molecule has 1 aromatic carbocycles. The number of nitrogens with one attached hydrogen (secondary N) is 1. The molecule has 1 fully saturated rings. The Hall–Kier alpha value is -2.15. The van der Waals surface area contributed by atoms with Crippen molar-refractivity contribution in [3.05, 3.63) is 53.9 Å². The monoisotopic (exact) mass is 344 g/mol. The molecule has 1 aromatic heterocycles. The molecule has 0 saturated carbocycles. The predicted molar refractivity (Wildman–Crippen MR) is 93.7 cm³/mol. The van der Waals surface area contributed by atoms with Crippen LogP contribution in [0.5, 0.6) is 11.5 Å². The number of rotatable bonds is 8. The van der Waals surface area contributed by atoms with Crippen molar-refractivity contribution in [3.63, 3.8) is 0 Å². The summed E-state index contributed by atoms with van der Waals surface area (Å²) in [5, 5.41) is 13.1. The van der Waals surface area contributed by atoms with Crippen LogP contribution in [0.1, 0.15) is 17.5 Å². The van der Waals surface area contributed by atoms with E-state index in [9.17, 15) is 5.11 Å². The normalized spacial score (nSPS) is 19.8. The number of pyridine rings is 1. The second-order valence-electron chi connectivity index (χ2n) is 6.23. The van der Waals surface area contributed by atoms with E-state index < -0.39 is 0 Å². The van der Waals surface area contributed by atoms with Crippen molar-refractivity contribution < 1.29 is 19.3 Å². The van der Waals surface area contributed by atoms with Crippen LogP contribution >= 0.6 is 0 Å². The van der Waals surface area contributed by atoms with Crippen molar-refractivity contribution in [2.75, 3.05) is 26.9 Å². The predicted octanol–water partition coefficient (Wildman–Crippen LogP) is 1.91. The zero-order valence-corrected chi connectivity index (χ0v) is 14.4. The molecule has 6 heteroatoms. The van der Waals surface area contributed by atoms with E-state index >= 15 is 0 Å². The molecule has 134 valence electrons. The zero-order valence-electron chi connectivity index (χ0n) is 14.4. The highest BCUT2D eigenvalue weighted by molar-refractivity contribution is 5.43. The van der Waals surface area contributed by atoms with Gasteiger partial charge >= 0.3 is 0 Å². The van der Waals surface area contributed by atoms with Gasteiger partial charge in [-0.05, 0) is 30.2 Å². The Morgan fingerprint density at radius 1 is 1.28 bits per heavy atom. The zero-order chi connectivity index (χ0) is 17.5. The molecule has 1 aliphatic heterocycles. The van der Waals surface area contributed by atoms with E-state index in [1.54, 1.807) is 19.5 Å².